The van der Waals surface area contributed by atoms with Crippen molar-refractivity contribution in [3.05, 3.63) is 11.6 Å². The standard InChI is InChI=1S/C5H6F3NO/c1-3(2-4(9)10)5(6,7)8/h2H,1H3,(H2,9,10). The van der Waals surface area contributed by atoms with Gasteiger partial charge in [0, 0.05) is 11.6 Å². The third-order valence-corrected chi connectivity index (χ3v) is 0.806. The fourth-order valence-electron chi connectivity index (χ4n) is 0.295. The average Bonchev–Trinajstić information content (AvgIpc) is 1.60. The van der Waals surface area contributed by atoms with E-state index < -0.39 is 17.7 Å². The van der Waals surface area contributed by atoms with Crippen molar-refractivity contribution in [2.75, 3.05) is 0 Å². The number of alkyl halides is 3. The summed E-state index contributed by atoms with van der Waals surface area (Å²) in [5.74, 6) is -1.09. The van der Waals surface area contributed by atoms with Gasteiger partial charge in [0.1, 0.15) is 0 Å². The SMILES string of the molecule is CC(=CC(N)=O)C(F)(F)F. The van der Waals surface area contributed by atoms with E-state index in [-0.39, 0.29) is 0 Å². The fraction of sp³-hybridized carbons (Fsp3) is 0.400. The van der Waals surface area contributed by atoms with E-state index in [9.17, 15) is 18.0 Å². The van der Waals surface area contributed by atoms with Crippen molar-refractivity contribution in [1.29, 1.82) is 0 Å². The van der Waals surface area contributed by atoms with Crippen LogP contribution in [0.3, 0.4) is 0 Å². The average molecular weight is 153 g/mol. The normalized spacial score (nSPS) is 13.4. The zero-order valence-electron chi connectivity index (χ0n) is 5.20. The van der Waals surface area contributed by atoms with Crippen molar-refractivity contribution in [1.82, 2.24) is 0 Å². The molecule has 0 aliphatic carbocycles. The monoisotopic (exact) mass is 153 g/mol. The molecule has 0 radical (unpaired) electrons. The second-order valence-electron chi connectivity index (χ2n) is 1.73. The van der Waals surface area contributed by atoms with Crippen LogP contribution in [0, 0.1) is 0 Å². The van der Waals surface area contributed by atoms with Gasteiger partial charge in [-0.1, -0.05) is 0 Å². The van der Waals surface area contributed by atoms with Crippen LogP contribution < -0.4 is 5.73 Å². The molecular formula is C5H6F3NO. The first-order valence-corrected chi connectivity index (χ1v) is 2.39. The molecule has 0 aromatic heterocycles. The number of allylic oxidation sites excluding steroid dienone is 1. The molecule has 0 aromatic carbocycles. The molecule has 0 saturated heterocycles. The minimum Gasteiger partial charge on any atom is -0.366 e. The van der Waals surface area contributed by atoms with E-state index in [1.165, 1.54) is 0 Å². The lowest BCUT2D eigenvalue weighted by atomic mass is 10.3. The summed E-state index contributed by atoms with van der Waals surface area (Å²) in [5, 5.41) is 0. The van der Waals surface area contributed by atoms with Crippen molar-refractivity contribution in [2.24, 2.45) is 5.73 Å². The van der Waals surface area contributed by atoms with Crippen molar-refractivity contribution in [3.8, 4) is 0 Å². The van der Waals surface area contributed by atoms with Crippen LogP contribution in [0.1, 0.15) is 6.92 Å². The second kappa shape index (κ2) is 2.72. The summed E-state index contributed by atoms with van der Waals surface area (Å²) in [5.41, 5.74) is 3.49. The fourth-order valence-corrected chi connectivity index (χ4v) is 0.295. The molecule has 0 unspecified atom stereocenters. The number of hydrogen-bond donors (Lipinski definition) is 1. The maximum Gasteiger partial charge on any atom is 0.412 e. The molecule has 5 heteroatoms. The van der Waals surface area contributed by atoms with Crippen LogP contribution >= 0.6 is 0 Å². The van der Waals surface area contributed by atoms with E-state index in [0.717, 1.165) is 6.92 Å². The van der Waals surface area contributed by atoms with E-state index in [4.69, 9.17) is 0 Å². The summed E-state index contributed by atoms with van der Waals surface area (Å²) < 4.78 is 34.6. The number of carbonyl (C=O) groups is 1. The lowest BCUT2D eigenvalue weighted by Gasteiger charge is -2.03. The smallest absolute Gasteiger partial charge is 0.366 e. The third kappa shape index (κ3) is 3.11. The molecule has 0 aliphatic heterocycles. The first-order valence-electron chi connectivity index (χ1n) is 2.39. The van der Waals surface area contributed by atoms with Gasteiger partial charge in [0.2, 0.25) is 5.91 Å². The summed E-state index contributed by atoms with van der Waals surface area (Å²) in [7, 11) is 0. The van der Waals surface area contributed by atoms with Gasteiger partial charge in [-0.2, -0.15) is 13.2 Å². The molecular weight excluding hydrogens is 147 g/mol. The zero-order chi connectivity index (χ0) is 8.36. The van der Waals surface area contributed by atoms with Crippen molar-refractivity contribution >= 4 is 5.91 Å². The number of amides is 1. The first kappa shape index (κ1) is 9.00. The molecule has 0 saturated carbocycles. The molecule has 0 aliphatic rings. The topological polar surface area (TPSA) is 43.1 Å². The molecule has 0 aromatic rings. The van der Waals surface area contributed by atoms with Gasteiger partial charge in [-0.15, -0.1) is 0 Å². The highest BCUT2D eigenvalue weighted by Gasteiger charge is 2.30. The highest BCUT2D eigenvalue weighted by molar-refractivity contribution is 5.86. The quantitative estimate of drug-likeness (QED) is 0.560. The summed E-state index contributed by atoms with van der Waals surface area (Å²) in [6.45, 7) is 0.782. The van der Waals surface area contributed by atoms with Gasteiger partial charge < -0.3 is 5.73 Å². The summed E-state index contributed by atoms with van der Waals surface area (Å²) in [6.07, 6.45) is -4.10. The maximum atomic E-state index is 11.5. The number of halogens is 3. The molecule has 1 amide bonds. The Balaban J connectivity index is 4.35. The van der Waals surface area contributed by atoms with Gasteiger partial charge >= 0.3 is 6.18 Å². The lowest BCUT2D eigenvalue weighted by Crippen LogP contribution is -2.14. The molecule has 0 spiro atoms. The van der Waals surface area contributed by atoms with Crippen LogP contribution in [-0.4, -0.2) is 12.1 Å². The molecule has 0 rings (SSSR count). The molecule has 0 bridgehead atoms. The summed E-state index contributed by atoms with van der Waals surface area (Å²) in [6, 6.07) is 0. The Hall–Kier alpha value is -1.00. The van der Waals surface area contributed by atoms with Gasteiger partial charge in [-0.25, -0.2) is 0 Å². The molecule has 2 nitrogen and oxygen atoms in total. The Kier molecular flexibility index (Phi) is 2.45. The van der Waals surface area contributed by atoms with Crippen LogP contribution in [0.4, 0.5) is 13.2 Å². The predicted molar refractivity (Wildman–Crippen MR) is 29.0 cm³/mol. The van der Waals surface area contributed by atoms with E-state index in [1.54, 1.807) is 0 Å². The molecule has 58 valence electrons. The minimum atomic E-state index is -4.45. The van der Waals surface area contributed by atoms with Crippen molar-refractivity contribution in [2.45, 2.75) is 13.1 Å². The van der Waals surface area contributed by atoms with Crippen LogP contribution in [0.2, 0.25) is 0 Å². The molecule has 2 N–H and O–H groups in total. The number of rotatable bonds is 1. The number of primary amides is 1. The highest BCUT2D eigenvalue weighted by Crippen LogP contribution is 2.24. The van der Waals surface area contributed by atoms with Crippen molar-refractivity contribution < 1.29 is 18.0 Å². The second-order valence-corrected chi connectivity index (χ2v) is 1.73. The molecule has 0 fully saturated rings. The predicted octanol–water partition coefficient (Wildman–Crippen LogP) is 0.980. The van der Waals surface area contributed by atoms with Crippen molar-refractivity contribution in [3.63, 3.8) is 0 Å². The first-order chi connectivity index (χ1) is 4.34. The van der Waals surface area contributed by atoms with Gasteiger partial charge in [0.15, 0.2) is 0 Å². The van der Waals surface area contributed by atoms with E-state index in [2.05, 4.69) is 5.73 Å². The Morgan fingerprint density at radius 2 is 1.90 bits per heavy atom. The van der Waals surface area contributed by atoms with Gasteiger partial charge in [-0.3, -0.25) is 4.79 Å². The Morgan fingerprint density at radius 1 is 1.50 bits per heavy atom. The zero-order valence-corrected chi connectivity index (χ0v) is 5.20. The maximum absolute atomic E-state index is 11.5. The van der Waals surface area contributed by atoms with E-state index in [0.29, 0.717) is 6.08 Å². The summed E-state index contributed by atoms with van der Waals surface area (Å²) >= 11 is 0. The number of hydrogen-bond acceptors (Lipinski definition) is 1. The van der Waals surface area contributed by atoms with Gasteiger partial charge in [0.05, 0.1) is 0 Å². The third-order valence-electron chi connectivity index (χ3n) is 0.806. The van der Waals surface area contributed by atoms with E-state index in [1.807, 2.05) is 0 Å². The Labute approximate surface area is 55.5 Å². The molecule has 0 atom stereocenters. The van der Waals surface area contributed by atoms with Gasteiger partial charge in [-0.05, 0) is 6.92 Å². The Morgan fingerprint density at radius 3 is 2.00 bits per heavy atom. The number of carbonyl (C=O) groups excluding carboxylic acids is 1. The highest BCUT2D eigenvalue weighted by atomic mass is 19.4. The lowest BCUT2D eigenvalue weighted by molar-refractivity contribution is -0.115. The van der Waals surface area contributed by atoms with Crippen LogP contribution in [-0.2, 0) is 4.79 Å². The number of nitrogens with two attached hydrogens (primary N) is 1. The van der Waals surface area contributed by atoms with E-state index >= 15 is 0 Å². The van der Waals surface area contributed by atoms with Crippen LogP contribution in [0.25, 0.3) is 0 Å². The Bertz CT molecular complexity index is 170. The minimum absolute atomic E-state index is 0.347. The largest absolute Gasteiger partial charge is 0.412 e. The molecule has 10 heavy (non-hydrogen) atoms. The van der Waals surface area contributed by atoms with Crippen LogP contribution in [0.5, 0.6) is 0 Å². The van der Waals surface area contributed by atoms with Crippen LogP contribution in [0.15, 0.2) is 11.6 Å². The summed E-state index contributed by atoms with van der Waals surface area (Å²) in [4.78, 5) is 9.90. The molecule has 0 heterocycles. The van der Waals surface area contributed by atoms with Gasteiger partial charge in [0.25, 0.3) is 0 Å².